The maximum absolute atomic E-state index is 12.9. The summed E-state index contributed by atoms with van der Waals surface area (Å²) >= 11 is 1.18. The molecule has 0 spiro atoms. The summed E-state index contributed by atoms with van der Waals surface area (Å²) in [6.07, 6.45) is 0. The van der Waals surface area contributed by atoms with Crippen molar-refractivity contribution in [2.75, 3.05) is 5.73 Å². The van der Waals surface area contributed by atoms with Gasteiger partial charge in [-0.3, -0.25) is 18.7 Å². The fourth-order valence-corrected chi connectivity index (χ4v) is 2.99. The number of nitrogens with zero attached hydrogens (tertiary/aromatic N) is 2. The van der Waals surface area contributed by atoms with Crippen LogP contribution in [0.25, 0.3) is 0 Å². The van der Waals surface area contributed by atoms with Gasteiger partial charge in [-0.2, -0.15) is 0 Å². The van der Waals surface area contributed by atoms with Gasteiger partial charge in [0.2, 0.25) is 0 Å². The van der Waals surface area contributed by atoms with Crippen LogP contribution in [0.3, 0.4) is 0 Å². The molecule has 0 aliphatic rings. The molecular weight excluding hydrogens is 321 g/mol. The molecule has 122 valence electrons. The van der Waals surface area contributed by atoms with Gasteiger partial charge < -0.3 is 5.73 Å². The van der Waals surface area contributed by atoms with Crippen LogP contribution < -0.4 is 17.0 Å². The molecule has 0 saturated heterocycles. The van der Waals surface area contributed by atoms with E-state index in [4.69, 9.17) is 5.73 Å². The Morgan fingerprint density at radius 3 is 2.30 bits per heavy atom. The Kier molecular flexibility index (Phi) is 4.74. The van der Waals surface area contributed by atoms with E-state index in [1.165, 1.54) is 38.0 Å². The van der Waals surface area contributed by atoms with E-state index in [0.717, 1.165) is 9.13 Å². The molecule has 0 amide bonds. The van der Waals surface area contributed by atoms with Gasteiger partial charge in [-0.15, -0.1) is 11.8 Å². The number of nitrogen functional groups attached to an aromatic ring is 1. The SMILES string of the molecule is CC(Sc1ccc(F)cc1)C(=O)c1c(N)n(C)c(=O)n(C)c1=O. The van der Waals surface area contributed by atoms with Gasteiger partial charge in [-0.1, -0.05) is 0 Å². The number of hydrogen-bond donors (Lipinski definition) is 1. The van der Waals surface area contributed by atoms with E-state index < -0.39 is 22.3 Å². The Balaban J connectivity index is 2.39. The molecule has 6 nitrogen and oxygen atoms in total. The monoisotopic (exact) mass is 337 g/mol. The highest BCUT2D eigenvalue weighted by Gasteiger charge is 2.25. The van der Waals surface area contributed by atoms with E-state index >= 15 is 0 Å². The van der Waals surface area contributed by atoms with Crippen LogP contribution in [0.5, 0.6) is 0 Å². The van der Waals surface area contributed by atoms with Crippen LogP contribution >= 0.6 is 11.8 Å². The number of rotatable bonds is 4. The van der Waals surface area contributed by atoms with Gasteiger partial charge >= 0.3 is 5.69 Å². The summed E-state index contributed by atoms with van der Waals surface area (Å²) in [4.78, 5) is 37.2. The lowest BCUT2D eigenvalue weighted by molar-refractivity contribution is 0.0992. The normalized spacial score (nSPS) is 12.2. The molecule has 0 aliphatic heterocycles. The van der Waals surface area contributed by atoms with Crippen LogP contribution in [-0.4, -0.2) is 20.2 Å². The van der Waals surface area contributed by atoms with Crippen LogP contribution in [0.2, 0.25) is 0 Å². The van der Waals surface area contributed by atoms with Crippen molar-refractivity contribution in [1.82, 2.24) is 9.13 Å². The molecule has 0 fully saturated rings. The number of Topliss-reactive ketones (excluding diaryl/α,β-unsaturated/α-hetero) is 1. The van der Waals surface area contributed by atoms with Gasteiger partial charge in [0, 0.05) is 19.0 Å². The maximum atomic E-state index is 12.9. The predicted octanol–water partition coefficient (Wildman–Crippen LogP) is 1.17. The summed E-state index contributed by atoms with van der Waals surface area (Å²) in [5, 5.41) is -0.618. The first kappa shape index (κ1) is 17.0. The van der Waals surface area contributed by atoms with Crippen molar-refractivity contribution in [2.24, 2.45) is 14.1 Å². The molecule has 1 heterocycles. The summed E-state index contributed by atoms with van der Waals surface area (Å²) < 4.78 is 14.8. The molecule has 1 aromatic carbocycles. The van der Waals surface area contributed by atoms with E-state index in [2.05, 4.69) is 0 Å². The third-order valence-corrected chi connectivity index (χ3v) is 4.56. The molecule has 2 aromatic rings. The molecule has 2 N–H and O–H groups in total. The van der Waals surface area contributed by atoms with Crippen molar-refractivity contribution >= 4 is 23.4 Å². The fourth-order valence-electron chi connectivity index (χ4n) is 2.07. The van der Waals surface area contributed by atoms with Gasteiger partial charge in [0.1, 0.15) is 17.2 Å². The molecule has 23 heavy (non-hydrogen) atoms. The number of thioether (sulfide) groups is 1. The Morgan fingerprint density at radius 1 is 1.17 bits per heavy atom. The highest BCUT2D eigenvalue weighted by molar-refractivity contribution is 8.00. The van der Waals surface area contributed by atoms with Crippen LogP contribution in [0.15, 0.2) is 38.8 Å². The Labute approximate surface area is 135 Å². The number of carbonyl (C=O) groups is 1. The standard InChI is InChI=1S/C15H16FN3O3S/c1-8(23-10-6-4-9(16)5-7-10)12(20)11-13(17)18(2)15(22)19(3)14(11)21/h4-8H,17H2,1-3H3. The van der Waals surface area contributed by atoms with Gasteiger partial charge in [-0.25, -0.2) is 9.18 Å². The van der Waals surface area contributed by atoms with E-state index in [1.807, 2.05) is 0 Å². The number of nitrogens with two attached hydrogens (primary N) is 1. The van der Waals surface area contributed by atoms with E-state index in [1.54, 1.807) is 19.1 Å². The van der Waals surface area contributed by atoms with E-state index in [0.29, 0.717) is 4.90 Å². The number of carbonyl (C=O) groups excluding carboxylic acids is 1. The zero-order valence-corrected chi connectivity index (χ0v) is 13.7. The molecule has 8 heteroatoms. The molecule has 2 rings (SSSR count). The number of benzene rings is 1. The van der Waals surface area contributed by atoms with Crippen LogP contribution in [0.1, 0.15) is 17.3 Å². The molecule has 1 atom stereocenters. The van der Waals surface area contributed by atoms with E-state index in [9.17, 15) is 18.8 Å². The second kappa shape index (κ2) is 6.41. The lowest BCUT2D eigenvalue weighted by Gasteiger charge is -2.14. The lowest BCUT2D eigenvalue weighted by atomic mass is 10.1. The molecule has 1 unspecified atom stereocenters. The van der Waals surface area contributed by atoms with Crippen molar-refractivity contribution in [3.05, 3.63) is 56.5 Å². The molecule has 1 aromatic heterocycles. The lowest BCUT2D eigenvalue weighted by Crippen LogP contribution is -2.42. The second-order valence-electron chi connectivity index (χ2n) is 5.04. The highest BCUT2D eigenvalue weighted by atomic mass is 32.2. The molecule has 0 saturated carbocycles. The van der Waals surface area contributed by atoms with Gasteiger partial charge in [0.25, 0.3) is 5.56 Å². The number of hydrogen-bond acceptors (Lipinski definition) is 5. The van der Waals surface area contributed by atoms with Gasteiger partial charge in [0.05, 0.1) is 5.25 Å². The minimum atomic E-state index is -0.720. The second-order valence-corrected chi connectivity index (χ2v) is 6.46. The summed E-state index contributed by atoms with van der Waals surface area (Å²) in [5.41, 5.74) is 4.25. The summed E-state index contributed by atoms with van der Waals surface area (Å²) in [7, 11) is 2.68. The smallest absolute Gasteiger partial charge is 0.332 e. The molecule has 0 aliphatic carbocycles. The Bertz CT molecular complexity index is 871. The molecular formula is C15H16FN3O3S. The topological polar surface area (TPSA) is 87.1 Å². The number of halogens is 1. The third kappa shape index (κ3) is 3.21. The maximum Gasteiger partial charge on any atom is 0.332 e. The van der Waals surface area contributed by atoms with Crippen molar-refractivity contribution in [3.63, 3.8) is 0 Å². The van der Waals surface area contributed by atoms with Crippen LogP contribution in [0.4, 0.5) is 10.2 Å². The summed E-state index contributed by atoms with van der Waals surface area (Å²) in [5.74, 6) is -1.01. The minimum Gasteiger partial charge on any atom is -0.384 e. The summed E-state index contributed by atoms with van der Waals surface area (Å²) in [6, 6.07) is 5.68. The van der Waals surface area contributed by atoms with Crippen molar-refractivity contribution in [2.45, 2.75) is 17.1 Å². The summed E-state index contributed by atoms with van der Waals surface area (Å²) in [6.45, 7) is 1.63. The minimum absolute atomic E-state index is 0.158. The third-order valence-electron chi connectivity index (χ3n) is 3.45. The van der Waals surface area contributed by atoms with E-state index in [-0.39, 0.29) is 17.2 Å². The first-order valence-corrected chi connectivity index (χ1v) is 7.64. The van der Waals surface area contributed by atoms with Gasteiger partial charge in [0.15, 0.2) is 5.78 Å². The Morgan fingerprint density at radius 2 is 1.74 bits per heavy atom. The predicted molar refractivity (Wildman–Crippen MR) is 87.4 cm³/mol. The van der Waals surface area contributed by atoms with Gasteiger partial charge in [-0.05, 0) is 31.2 Å². The largest absolute Gasteiger partial charge is 0.384 e. The van der Waals surface area contributed by atoms with Crippen molar-refractivity contribution in [1.29, 1.82) is 0 Å². The fraction of sp³-hybridized carbons (Fsp3) is 0.267. The number of ketones is 1. The highest BCUT2D eigenvalue weighted by Crippen LogP contribution is 2.26. The molecule has 0 bridgehead atoms. The Hall–Kier alpha value is -2.35. The average molecular weight is 337 g/mol. The first-order chi connectivity index (χ1) is 10.7. The zero-order chi connectivity index (χ0) is 17.3. The zero-order valence-electron chi connectivity index (χ0n) is 12.9. The van der Waals surface area contributed by atoms with Crippen molar-refractivity contribution in [3.8, 4) is 0 Å². The molecule has 0 radical (unpaired) electrons. The van der Waals surface area contributed by atoms with Crippen LogP contribution in [-0.2, 0) is 14.1 Å². The average Bonchev–Trinajstić information content (AvgIpc) is 2.53. The number of aromatic nitrogens is 2. The van der Waals surface area contributed by atoms with Crippen molar-refractivity contribution < 1.29 is 9.18 Å². The first-order valence-electron chi connectivity index (χ1n) is 6.76. The quantitative estimate of drug-likeness (QED) is 0.668. The number of anilines is 1. The van der Waals surface area contributed by atoms with Crippen LogP contribution in [0, 0.1) is 5.82 Å².